The van der Waals surface area contributed by atoms with Gasteiger partial charge in [0.2, 0.25) is 0 Å². The number of rotatable bonds is 1. The number of nitrogens with zero attached hydrogens (tertiary/aromatic N) is 2. The molecule has 2 atom stereocenters. The highest BCUT2D eigenvalue weighted by Crippen LogP contribution is 2.35. The highest BCUT2D eigenvalue weighted by atomic mass is 15.2. The Morgan fingerprint density at radius 1 is 1.05 bits per heavy atom. The minimum atomic E-state index is 0.222. The molecule has 1 aliphatic carbocycles. The molecule has 1 aromatic carbocycles. The van der Waals surface area contributed by atoms with E-state index in [2.05, 4.69) is 35.2 Å². The van der Waals surface area contributed by atoms with Crippen LogP contribution in [0, 0.1) is 17.2 Å². The Balaban J connectivity index is 1.93. The van der Waals surface area contributed by atoms with E-state index in [1.165, 1.54) is 49.8 Å². The summed E-state index contributed by atoms with van der Waals surface area (Å²) >= 11 is 0. The molecule has 19 heavy (non-hydrogen) atoms. The predicted molar refractivity (Wildman–Crippen MR) is 78.1 cm³/mol. The summed E-state index contributed by atoms with van der Waals surface area (Å²) in [6.07, 6.45) is 8.50. The molecule has 0 saturated heterocycles. The van der Waals surface area contributed by atoms with Crippen LogP contribution in [0.25, 0.3) is 0 Å². The summed E-state index contributed by atoms with van der Waals surface area (Å²) < 4.78 is 0. The van der Waals surface area contributed by atoms with Crippen LogP contribution in [0.2, 0.25) is 0 Å². The maximum Gasteiger partial charge on any atom is 0.0677 e. The molecule has 0 aromatic heterocycles. The number of anilines is 1. The Hall–Kier alpha value is -1.49. The molecule has 2 aliphatic rings. The van der Waals surface area contributed by atoms with Crippen molar-refractivity contribution < 1.29 is 0 Å². The fraction of sp³-hybridized carbons (Fsp3) is 0.588. The molecule has 0 bridgehead atoms. The second kappa shape index (κ2) is 5.65. The van der Waals surface area contributed by atoms with Gasteiger partial charge in [0.25, 0.3) is 0 Å². The van der Waals surface area contributed by atoms with E-state index < -0.39 is 0 Å². The van der Waals surface area contributed by atoms with Crippen molar-refractivity contribution in [1.82, 2.24) is 0 Å². The van der Waals surface area contributed by atoms with Gasteiger partial charge >= 0.3 is 0 Å². The van der Waals surface area contributed by atoms with Gasteiger partial charge in [-0.25, -0.2) is 0 Å². The molecular formula is C17H22N2. The van der Waals surface area contributed by atoms with E-state index in [0.29, 0.717) is 6.04 Å². The molecule has 2 unspecified atom stereocenters. The van der Waals surface area contributed by atoms with E-state index in [4.69, 9.17) is 0 Å². The smallest absolute Gasteiger partial charge is 0.0677 e. The minimum absolute atomic E-state index is 0.222. The van der Waals surface area contributed by atoms with Crippen LogP contribution in [-0.4, -0.2) is 12.6 Å². The normalized spacial score (nSPS) is 27.2. The van der Waals surface area contributed by atoms with Crippen molar-refractivity contribution in [1.29, 1.82) is 5.26 Å². The summed E-state index contributed by atoms with van der Waals surface area (Å²) in [4.78, 5) is 2.55. The molecule has 0 amide bonds. The number of para-hydroxylation sites is 1. The van der Waals surface area contributed by atoms with Crippen molar-refractivity contribution >= 4 is 5.69 Å². The lowest BCUT2D eigenvalue weighted by molar-refractivity contribution is 0.347. The van der Waals surface area contributed by atoms with E-state index in [9.17, 15) is 5.26 Å². The summed E-state index contributed by atoms with van der Waals surface area (Å²) in [5, 5.41) is 9.43. The maximum atomic E-state index is 9.43. The van der Waals surface area contributed by atoms with Crippen LogP contribution in [0.3, 0.4) is 0 Å². The van der Waals surface area contributed by atoms with Crippen molar-refractivity contribution in [3.8, 4) is 6.07 Å². The molecule has 0 radical (unpaired) electrons. The van der Waals surface area contributed by atoms with Crippen LogP contribution in [0.5, 0.6) is 0 Å². The Kier molecular flexibility index (Phi) is 3.73. The lowest BCUT2D eigenvalue weighted by atomic mass is 9.84. The molecule has 3 rings (SSSR count). The number of hydrogen-bond donors (Lipinski definition) is 0. The highest BCUT2D eigenvalue weighted by molar-refractivity contribution is 5.55. The first-order valence-electron chi connectivity index (χ1n) is 7.64. The zero-order valence-corrected chi connectivity index (χ0v) is 11.5. The van der Waals surface area contributed by atoms with Gasteiger partial charge < -0.3 is 4.90 Å². The number of benzene rings is 1. The lowest BCUT2D eigenvalue weighted by Gasteiger charge is -2.39. The SMILES string of the molecule is N#CC1CCCCC1N1CCCCc2ccccc21. The molecule has 1 aromatic rings. The lowest BCUT2D eigenvalue weighted by Crippen LogP contribution is -2.42. The summed E-state index contributed by atoms with van der Waals surface area (Å²) in [7, 11) is 0. The van der Waals surface area contributed by atoms with Gasteiger partial charge in [-0.3, -0.25) is 0 Å². The third-order valence-electron chi connectivity index (χ3n) is 4.69. The van der Waals surface area contributed by atoms with Crippen molar-refractivity contribution in [3.63, 3.8) is 0 Å². The molecule has 2 heteroatoms. The first-order chi connectivity index (χ1) is 9.40. The van der Waals surface area contributed by atoms with E-state index in [1.54, 1.807) is 0 Å². The Bertz CT molecular complexity index is 474. The van der Waals surface area contributed by atoms with Gasteiger partial charge in [-0.15, -0.1) is 0 Å². The Morgan fingerprint density at radius 3 is 2.79 bits per heavy atom. The standard InChI is InChI=1S/C17H22N2/c18-13-15-9-2-4-11-17(15)19-12-6-5-8-14-7-1-3-10-16(14)19/h1,3,7,10,15,17H,2,4-6,8-9,11-12H2. The summed E-state index contributed by atoms with van der Waals surface area (Å²) in [6, 6.07) is 11.8. The van der Waals surface area contributed by atoms with Crippen molar-refractivity contribution in [3.05, 3.63) is 29.8 Å². The van der Waals surface area contributed by atoms with Crippen LogP contribution < -0.4 is 4.90 Å². The van der Waals surface area contributed by atoms with Gasteiger partial charge in [0.15, 0.2) is 0 Å². The van der Waals surface area contributed by atoms with Crippen LogP contribution in [0.1, 0.15) is 44.1 Å². The van der Waals surface area contributed by atoms with Crippen molar-refractivity contribution in [2.75, 3.05) is 11.4 Å². The second-order valence-electron chi connectivity index (χ2n) is 5.87. The van der Waals surface area contributed by atoms with Gasteiger partial charge in [-0.2, -0.15) is 5.26 Å². The highest BCUT2D eigenvalue weighted by Gasteiger charge is 2.31. The third-order valence-corrected chi connectivity index (χ3v) is 4.69. The first-order valence-corrected chi connectivity index (χ1v) is 7.64. The molecule has 100 valence electrons. The van der Waals surface area contributed by atoms with Crippen LogP contribution in [0.15, 0.2) is 24.3 Å². The van der Waals surface area contributed by atoms with Crippen LogP contribution in [0.4, 0.5) is 5.69 Å². The average Bonchev–Trinajstić information content (AvgIpc) is 2.69. The fourth-order valence-electron chi connectivity index (χ4n) is 3.70. The minimum Gasteiger partial charge on any atom is -0.367 e. The zero-order chi connectivity index (χ0) is 13.1. The predicted octanol–water partition coefficient (Wildman–Crippen LogP) is 3.91. The van der Waals surface area contributed by atoms with Crippen molar-refractivity contribution in [2.24, 2.45) is 5.92 Å². The maximum absolute atomic E-state index is 9.43. The van der Waals surface area contributed by atoms with E-state index in [-0.39, 0.29) is 5.92 Å². The van der Waals surface area contributed by atoms with Gasteiger partial charge in [-0.05, 0) is 43.7 Å². The Labute approximate surface area is 116 Å². The van der Waals surface area contributed by atoms with Crippen LogP contribution in [-0.2, 0) is 6.42 Å². The van der Waals surface area contributed by atoms with Crippen LogP contribution >= 0.6 is 0 Å². The summed E-state index contributed by atoms with van der Waals surface area (Å²) in [6.45, 7) is 1.12. The second-order valence-corrected chi connectivity index (χ2v) is 5.87. The molecule has 1 saturated carbocycles. The number of hydrogen-bond acceptors (Lipinski definition) is 2. The molecular weight excluding hydrogens is 232 g/mol. The summed E-state index contributed by atoms with van der Waals surface area (Å²) in [5.74, 6) is 0.222. The molecule has 0 spiro atoms. The molecule has 1 heterocycles. The number of fused-ring (bicyclic) bond motifs is 1. The summed E-state index contributed by atoms with van der Waals surface area (Å²) in [5.41, 5.74) is 2.87. The van der Waals surface area contributed by atoms with Gasteiger partial charge in [0.05, 0.1) is 12.0 Å². The van der Waals surface area contributed by atoms with Gasteiger partial charge in [0.1, 0.15) is 0 Å². The quantitative estimate of drug-likeness (QED) is 0.759. The largest absolute Gasteiger partial charge is 0.367 e. The molecule has 1 fully saturated rings. The van der Waals surface area contributed by atoms with E-state index in [1.807, 2.05) is 0 Å². The first kappa shape index (κ1) is 12.5. The molecule has 1 aliphatic heterocycles. The van der Waals surface area contributed by atoms with Crippen molar-refractivity contribution in [2.45, 2.75) is 51.0 Å². The van der Waals surface area contributed by atoms with E-state index in [0.717, 1.165) is 13.0 Å². The molecule has 2 nitrogen and oxygen atoms in total. The molecule has 0 N–H and O–H groups in total. The average molecular weight is 254 g/mol. The van der Waals surface area contributed by atoms with Gasteiger partial charge in [-0.1, -0.05) is 31.0 Å². The number of nitriles is 1. The number of aryl methyl sites for hydroxylation is 1. The zero-order valence-electron chi connectivity index (χ0n) is 11.5. The fourth-order valence-corrected chi connectivity index (χ4v) is 3.70. The van der Waals surface area contributed by atoms with Gasteiger partial charge in [0, 0.05) is 18.3 Å². The third kappa shape index (κ3) is 2.47. The Morgan fingerprint density at radius 2 is 1.89 bits per heavy atom. The monoisotopic (exact) mass is 254 g/mol. The van der Waals surface area contributed by atoms with E-state index >= 15 is 0 Å². The topological polar surface area (TPSA) is 27.0 Å².